The summed E-state index contributed by atoms with van der Waals surface area (Å²) in [6, 6.07) is 7.40. The van der Waals surface area contributed by atoms with E-state index >= 15 is 0 Å². The third-order valence-corrected chi connectivity index (χ3v) is 3.69. The molecule has 0 radical (unpaired) electrons. The number of hydrogen-bond donors (Lipinski definition) is 1. The highest BCUT2D eigenvalue weighted by Gasteiger charge is 2.29. The monoisotopic (exact) mass is 249 g/mol. The van der Waals surface area contributed by atoms with Crippen molar-refractivity contribution in [3.8, 4) is 0 Å². The molecule has 5 nitrogen and oxygen atoms in total. The smallest absolute Gasteiger partial charge is 0.273 e. The standard InChI is InChI=1S/C13H19N3O2/c1-10-6-11(7-14)8-15(10)9-12-4-2-3-5-13(12)16(17)18/h2-5,10-11H,6-9,14H2,1H3. The predicted molar refractivity (Wildman–Crippen MR) is 70.1 cm³/mol. The summed E-state index contributed by atoms with van der Waals surface area (Å²) in [5.41, 5.74) is 6.69. The van der Waals surface area contributed by atoms with Crippen LogP contribution in [0, 0.1) is 16.0 Å². The van der Waals surface area contributed by atoms with E-state index in [9.17, 15) is 10.1 Å². The van der Waals surface area contributed by atoms with E-state index in [2.05, 4.69) is 11.8 Å². The van der Waals surface area contributed by atoms with Crippen LogP contribution in [-0.4, -0.2) is 29.0 Å². The lowest BCUT2D eigenvalue weighted by Crippen LogP contribution is -2.27. The number of hydrogen-bond acceptors (Lipinski definition) is 4. The molecule has 1 aliphatic heterocycles. The average molecular weight is 249 g/mol. The predicted octanol–water partition coefficient (Wildman–Crippen LogP) is 1.76. The second-order valence-corrected chi connectivity index (χ2v) is 5.00. The van der Waals surface area contributed by atoms with E-state index in [4.69, 9.17) is 5.73 Å². The van der Waals surface area contributed by atoms with Gasteiger partial charge in [0.25, 0.3) is 5.69 Å². The van der Waals surface area contributed by atoms with Crippen LogP contribution >= 0.6 is 0 Å². The van der Waals surface area contributed by atoms with Gasteiger partial charge in [0.15, 0.2) is 0 Å². The van der Waals surface area contributed by atoms with Crippen LogP contribution in [0.4, 0.5) is 5.69 Å². The maximum absolute atomic E-state index is 11.0. The molecule has 1 aliphatic rings. The topological polar surface area (TPSA) is 72.4 Å². The maximum atomic E-state index is 11.0. The van der Waals surface area contributed by atoms with Crippen LogP contribution in [0.2, 0.25) is 0 Å². The van der Waals surface area contributed by atoms with Crippen molar-refractivity contribution in [2.24, 2.45) is 11.7 Å². The third kappa shape index (κ3) is 2.68. The van der Waals surface area contributed by atoms with Gasteiger partial charge in [-0.15, -0.1) is 0 Å². The lowest BCUT2D eigenvalue weighted by atomic mass is 10.1. The Morgan fingerprint density at radius 2 is 2.22 bits per heavy atom. The molecule has 0 amide bonds. The molecule has 1 aromatic rings. The first-order valence-electron chi connectivity index (χ1n) is 6.28. The van der Waals surface area contributed by atoms with Crippen LogP contribution in [0.5, 0.6) is 0 Å². The number of nitro benzene ring substituents is 1. The molecule has 2 atom stereocenters. The molecule has 18 heavy (non-hydrogen) atoms. The van der Waals surface area contributed by atoms with Crippen molar-refractivity contribution in [3.63, 3.8) is 0 Å². The van der Waals surface area contributed by atoms with E-state index in [-0.39, 0.29) is 10.6 Å². The fourth-order valence-electron chi connectivity index (χ4n) is 2.65. The van der Waals surface area contributed by atoms with Crippen molar-refractivity contribution in [2.45, 2.75) is 25.9 Å². The van der Waals surface area contributed by atoms with Gasteiger partial charge < -0.3 is 5.73 Å². The molecule has 2 rings (SSSR count). The number of para-hydroxylation sites is 1. The molecule has 0 saturated carbocycles. The Morgan fingerprint density at radius 1 is 1.50 bits per heavy atom. The summed E-state index contributed by atoms with van der Waals surface area (Å²) in [7, 11) is 0. The highest BCUT2D eigenvalue weighted by Crippen LogP contribution is 2.27. The molecule has 0 spiro atoms. The van der Waals surface area contributed by atoms with E-state index < -0.39 is 0 Å². The van der Waals surface area contributed by atoms with Crippen molar-refractivity contribution in [2.75, 3.05) is 13.1 Å². The zero-order valence-electron chi connectivity index (χ0n) is 10.6. The van der Waals surface area contributed by atoms with Crippen molar-refractivity contribution in [1.29, 1.82) is 0 Å². The molecule has 1 saturated heterocycles. The zero-order chi connectivity index (χ0) is 13.1. The second kappa shape index (κ2) is 5.46. The molecule has 2 unspecified atom stereocenters. The maximum Gasteiger partial charge on any atom is 0.273 e. The van der Waals surface area contributed by atoms with Gasteiger partial charge in [0.2, 0.25) is 0 Å². The van der Waals surface area contributed by atoms with Gasteiger partial charge in [-0.25, -0.2) is 0 Å². The summed E-state index contributed by atoms with van der Waals surface area (Å²) in [4.78, 5) is 12.9. The Balaban J connectivity index is 2.12. The number of nitro groups is 1. The second-order valence-electron chi connectivity index (χ2n) is 5.00. The lowest BCUT2D eigenvalue weighted by Gasteiger charge is -2.20. The number of benzene rings is 1. The number of nitrogens with zero attached hydrogens (tertiary/aromatic N) is 2. The molecule has 1 aromatic carbocycles. The van der Waals surface area contributed by atoms with Gasteiger partial charge in [0.05, 0.1) is 4.92 Å². The quantitative estimate of drug-likeness (QED) is 0.652. The molecule has 2 N–H and O–H groups in total. The van der Waals surface area contributed by atoms with Gasteiger partial charge in [-0.3, -0.25) is 15.0 Å². The molecular formula is C13H19N3O2. The molecular weight excluding hydrogens is 230 g/mol. The summed E-state index contributed by atoms with van der Waals surface area (Å²) in [5, 5.41) is 11.0. The first kappa shape index (κ1) is 13.0. The van der Waals surface area contributed by atoms with Crippen molar-refractivity contribution in [1.82, 2.24) is 4.90 Å². The summed E-state index contributed by atoms with van der Waals surface area (Å²) in [6.45, 7) is 4.42. The van der Waals surface area contributed by atoms with Crippen molar-refractivity contribution in [3.05, 3.63) is 39.9 Å². The number of rotatable bonds is 4. The molecule has 1 fully saturated rings. The summed E-state index contributed by atoms with van der Waals surface area (Å²) >= 11 is 0. The van der Waals surface area contributed by atoms with Crippen LogP contribution in [0.15, 0.2) is 24.3 Å². The lowest BCUT2D eigenvalue weighted by molar-refractivity contribution is -0.385. The van der Waals surface area contributed by atoms with Gasteiger partial charge in [0, 0.05) is 30.8 Å². The van der Waals surface area contributed by atoms with Gasteiger partial charge >= 0.3 is 0 Å². The average Bonchev–Trinajstić information content (AvgIpc) is 2.71. The van der Waals surface area contributed by atoms with E-state index in [0.717, 1.165) is 18.5 Å². The Bertz CT molecular complexity index is 436. The molecule has 0 aliphatic carbocycles. The Hall–Kier alpha value is -1.46. The first-order chi connectivity index (χ1) is 8.61. The summed E-state index contributed by atoms with van der Waals surface area (Å²) in [5.74, 6) is 0.516. The van der Waals surface area contributed by atoms with E-state index in [1.54, 1.807) is 12.1 Å². The number of likely N-dealkylation sites (tertiary alicyclic amines) is 1. The minimum absolute atomic E-state index is 0.209. The van der Waals surface area contributed by atoms with Crippen LogP contribution in [0.25, 0.3) is 0 Å². The van der Waals surface area contributed by atoms with Gasteiger partial charge in [-0.1, -0.05) is 18.2 Å². The highest BCUT2D eigenvalue weighted by atomic mass is 16.6. The molecule has 98 valence electrons. The first-order valence-corrected chi connectivity index (χ1v) is 6.28. The molecule has 0 aromatic heterocycles. The van der Waals surface area contributed by atoms with Crippen LogP contribution in [0.1, 0.15) is 18.9 Å². The van der Waals surface area contributed by atoms with Crippen molar-refractivity contribution < 1.29 is 4.92 Å². The highest BCUT2D eigenvalue weighted by molar-refractivity contribution is 5.39. The Kier molecular flexibility index (Phi) is 3.93. The van der Waals surface area contributed by atoms with E-state index in [0.29, 0.717) is 25.0 Å². The SMILES string of the molecule is CC1CC(CN)CN1Cc1ccccc1[N+](=O)[O-]. The fraction of sp³-hybridized carbons (Fsp3) is 0.538. The molecule has 1 heterocycles. The van der Waals surface area contributed by atoms with Gasteiger partial charge in [0.1, 0.15) is 0 Å². The third-order valence-electron chi connectivity index (χ3n) is 3.69. The summed E-state index contributed by atoms with van der Waals surface area (Å²) < 4.78 is 0. The molecule has 0 bridgehead atoms. The van der Waals surface area contributed by atoms with Crippen LogP contribution < -0.4 is 5.73 Å². The van der Waals surface area contributed by atoms with Gasteiger partial charge in [-0.2, -0.15) is 0 Å². The Morgan fingerprint density at radius 3 is 2.83 bits per heavy atom. The van der Waals surface area contributed by atoms with Crippen molar-refractivity contribution >= 4 is 5.69 Å². The summed E-state index contributed by atoms with van der Waals surface area (Å²) in [6.07, 6.45) is 1.08. The van der Waals surface area contributed by atoms with E-state index in [1.807, 2.05) is 12.1 Å². The Labute approximate surface area is 107 Å². The van der Waals surface area contributed by atoms with E-state index in [1.165, 1.54) is 0 Å². The zero-order valence-corrected chi connectivity index (χ0v) is 10.6. The molecule has 5 heteroatoms. The van der Waals surface area contributed by atoms with Gasteiger partial charge in [-0.05, 0) is 25.8 Å². The largest absolute Gasteiger partial charge is 0.330 e. The minimum Gasteiger partial charge on any atom is -0.330 e. The fourth-order valence-corrected chi connectivity index (χ4v) is 2.65. The van der Waals surface area contributed by atoms with Crippen LogP contribution in [0.3, 0.4) is 0 Å². The number of nitrogens with two attached hydrogens (primary N) is 1. The normalized spacial score (nSPS) is 24.3. The minimum atomic E-state index is -0.309. The van der Waals surface area contributed by atoms with Crippen LogP contribution in [-0.2, 0) is 6.54 Å².